The molecule has 2 aliphatic heterocycles. The van der Waals surface area contributed by atoms with Crippen molar-refractivity contribution < 1.29 is 9.47 Å². The molecule has 29 heavy (non-hydrogen) atoms. The van der Waals surface area contributed by atoms with Crippen molar-refractivity contribution in [2.45, 2.75) is 31.9 Å². The molecule has 2 aromatic carbocycles. The van der Waals surface area contributed by atoms with E-state index < -0.39 is 0 Å². The number of guanidine groups is 1. The first-order chi connectivity index (χ1) is 14.2. The number of benzene rings is 2. The number of ether oxygens (including phenoxy) is 2. The lowest BCUT2D eigenvalue weighted by Crippen LogP contribution is -2.45. The molecule has 0 aliphatic carbocycles. The van der Waals surface area contributed by atoms with Gasteiger partial charge in [-0.15, -0.1) is 0 Å². The standard InChI is InChI=1S/C23H30N4O2/c1-17(18-8-7-9-19(14-18)27-12-5-6-13-27)26-23(24-2)25-15-20-16-28-21-10-3-4-11-22(21)29-20/h3-4,7-11,14,17,20H,5-6,12-13,15-16H2,1-2H3,(H2,24,25,26). The van der Waals surface area contributed by atoms with Gasteiger partial charge in [0.1, 0.15) is 12.7 Å². The average Bonchev–Trinajstić information content (AvgIpc) is 3.31. The van der Waals surface area contributed by atoms with Crippen LogP contribution in [-0.4, -0.2) is 45.4 Å². The Bertz CT molecular complexity index is 848. The predicted molar refractivity (Wildman–Crippen MR) is 117 cm³/mol. The van der Waals surface area contributed by atoms with E-state index in [9.17, 15) is 0 Å². The summed E-state index contributed by atoms with van der Waals surface area (Å²) in [6.07, 6.45) is 2.51. The number of fused-ring (bicyclic) bond motifs is 1. The van der Waals surface area contributed by atoms with E-state index >= 15 is 0 Å². The summed E-state index contributed by atoms with van der Waals surface area (Å²) in [4.78, 5) is 6.83. The number of para-hydroxylation sites is 2. The summed E-state index contributed by atoms with van der Waals surface area (Å²) < 4.78 is 11.8. The minimum absolute atomic E-state index is 0.0581. The summed E-state index contributed by atoms with van der Waals surface area (Å²) in [5.74, 6) is 2.35. The van der Waals surface area contributed by atoms with Crippen LogP contribution in [0, 0.1) is 0 Å². The highest BCUT2D eigenvalue weighted by atomic mass is 16.6. The lowest BCUT2D eigenvalue weighted by Gasteiger charge is -2.27. The zero-order valence-electron chi connectivity index (χ0n) is 17.2. The van der Waals surface area contributed by atoms with Crippen LogP contribution >= 0.6 is 0 Å². The second kappa shape index (κ2) is 9.07. The van der Waals surface area contributed by atoms with E-state index in [-0.39, 0.29) is 12.1 Å². The highest BCUT2D eigenvalue weighted by molar-refractivity contribution is 5.80. The van der Waals surface area contributed by atoms with Gasteiger partial charge in [-0.3, -0.25) is 4.99 Å². The van der Waals surface area contributed by atoms with Gasteiger partial charge in [0.05, 0.1) is 12.6 Å². The number of aliphatic imine (C=N–C) groups is 1. The zero-order valence-corrected chi connectivity index (χ0v) is 17.2. The van der Waals surface area contributed by atoms with Crippen LogP contribution < -0.4 is 25.0 Å². The largest absolute Gasteiger partial charge is 0.486 e. The molecule has 0 radical (unpaired) electrons. The van der Waals surface area contributed by atoms with E-state index in [4.69, 9.17) is 9.47 Å². The van der Waals surface area contributed by atoms with Crippen LogP contribution in [0.2, 0.25) is 0 Å². The number of rotatable bonds is 5. The van der Waals surface area contributed by atoms with Crippen LogP contribution in [-0.2, 0) is 0 Å². The first-order valence-electron chi connectivity index (χ1n) is 10.4. The summed E-state index contributed by atoms with van der Waals surface area (Å²) >= 11 is 0. The van der Waals surface area contributed by atoms with Crippen LogP contribution in [0.15, 0.2) is 53.5 Å². The van der Waals surface area contributed by atoms with Crippen LogP contribution in [0.3, 0.4) is 0 Å². The Labute approximate surface area is 172 Å². The van der Waals surface area contributed by atoms with Crippen molar-refractivity contribution in [3.05, 3.63) is 54.1 Å². The molecule has 2 aliphatic rings. The first-order valence-corrected chi connectivity index (χ1v) is 10.4. The van der Waals surface area contributed by atoms with Gasteiger partial charge in [0, 0.05) is 25.8 Å². The van der Waals surface area contributed by atoms with Crippen LogP contribution in [0.25, 0.3) is 0 Å². The Morgan fingerprint density at radius 3 is 2.72 bits per heavy atom. The van der Waals surface area contributed by atoms with E-state index in [2.05, 4.69) is 51.7 Å². The Hall–Kier alpha value is -2.89. The number of nitrogens with one attached hydrogen (secondary N) is 2. The van der Waals surface area contributed by atoms with Gasteiger partial charge in [0.25, 0.3) is 0 Å². The van der Waals surface area contributed by atoms with Gasteiger partial charge >= 0.3 is 0 Å². The fourth-order valence-electron chi connectivity index (χ4n) is 3.82. The van der Waals surface area contributed by atoms with E-state index in [0.717, 1.165) is 30.5 Å². The number of hydrogen-bond acceptors (Lipinski definition) is 4. The Kier molecular flexibility index (Phi) is 6.08. The predicted octanol–water partition coefficient (Wildman–Crippen LogP) is 3.35. The minimum Gasteiger partial charge on any atom is -0.486 e. The molecule has 0 aromatic heterocycles. The van der Waals surface area contributed by atoms with E-state index in [1.165, 1.54) is 24.1 Å². The molecule has 0 bridgehead atoms. The van der Waals surface area contributed by atoms with Crippen LogP contribution in [0.4, 0.5) is 5.69 Å². The molecule has 6 nitrogen and oxygen atoms in total. The molecule has 2 N–H and O–H groups in total. The Balaban J connectivity index is 1.32. The smallest absolute Gasteiger partial charge is 0.191 e. The summed E-state index contributed by atoms with van der Waals surface area (Å²) in [5, 5.41) is 6.85. The summed E-state index contributed by atoms with van der Waals surface area (Å²) in [6.45, 7) is 5.61. The molecule has 6 heteroatoms. The maximum atomic E-state index is 6.01. The topological polar surface area (TPSA) is 58.1 Å². The third kappa shape index (κ3) is 4.75. The van der Waals surface area contributed by atoms with Crippen LogP contribution in [0.5, 0.6) is 11.5 Å². The molecular formula is C23H30N4O2. The van der Waals surface area contributed by atoms with Gasteiger partial charge in [0.2, 0.25) is 0 Å². The second-order valence-electron chi connectivity index (χ2n) is 7.61. The molecule has 154 valence electrons. The minimum atomic E-state index is -0.0581. The fourth-order valence-corrected chi connectivity index (χ4v) is 3.82. The monoisotopic (exact) mass is 394 g/mol. The lowest BCUT2D eigenvalue weighted by molar-refractivity contribution is 0.0936. The molecule has 2 unspecified atom stereocenters. The fraction of sp³-hybridized carbons (Fsp3) is 0.435. The van der Waals surface area contributed by atoms with E-state index in [1.807, 2.05) is 24.3 Å². The maximum Gasteiger partial charge on any atom is 0.191 e. The molecule has 0 spiro atoms. The molecule has 2 heterocycles. The van der Waals surface area contributed by atoms with Crippen LogP contribution in [0.1, 0.15) is 31.4 Å². The molecule has 0 saturated carbocycles. The van der Waals surface area contributed by atoms with Gasteiger partial charge < -0.3 is 25.0 Å². The van der Waals surface area contributed by atoms with Gasteiger partial charge in [-0.1, -0.05) is 24.3 Å². The van der Waals surface area contributed by atoms with E-state index in [0.29, 0.717) is 13.2 Å². The Morgan fingerprint density at radius 2 is 1.93 bits per heavy atom. The summed E-state index contributed by atoms with van der Waals surface area (Å²) in [6, 6.07) is 16.7. The zero-order chi connectivity index (χ0) is 20.1. The highest BCUT2D eigenvalue weighted by Crippen LogP contribution is 2.30. The molecule has 1 saturated heterocycles. The average molecular weight is 395 g/mol. The van der Waals surface area contributed by atoms with Crippen molar-refractivity contribution in [1.29, 1.82) is 0 Å². The lowest BCUT2D eigenvalue weighted by atomic mass is 10.1. The Morgan fingerprint density at radius 1 is 1.14 bits per heavy atom. The molecule has 0 amide bonds. The second-order valence-corrected chi connectivity index (χ2v) is 7.61. The molecule has 1 fully saturated rings. The number of hydrogen-bond donors (Lipinski definition) is 2. The number of nitrogens with zero attached hydrogens (tertiary/aromatic N) is 2. The molecular weight excluding hydrogens is 364 g/mol. The van der Waals surface area contributed by atoms with Crippen molar-refractivity contribution >= 4 is 11.6 Å². The van der Waals surface area contributed by atoms with E-state index in [1.54, 1.807) is 7.05 Å². The van der Waals surface area contributed by atoms with Gasteiger partial charge in [-0.25, -0.2) is 0 Å². The molecule has 2 aromatic rings. The summed E-state index contributed by atoms with van der Waals surface area (Å²) in [5.41, 5.74) is 2.56. The highest BCUT2D eigenvalue weighted by Gasteiger charge is 2.21. The maximum absolute atomic E-state index is 6.01. The molecule has 2 atom stereocenters. The van der Waals surface area contributed by atoms with Gasteiger partial charge in [0.15, 0.2) is 17.5 Å². The third-order valence-corrected chi connectivity index (χ3v) is 5.48. The van der Waals surface area contributed by atoms with Gasteiger partial charge in [-0.2, -0.15) is 0 Å². The van der Waals surface area contributed by atoms with Crippen molar-refractivity contribution in [3.63, 3.8) is 0 Å². The summed E-state index contributed by atoms with van der Waals surface area (Å²) in [7, 11) is 1.79. The quantitative estimate of drug-likeness (QED) is 0.602. The van der Waals surface area contributed by atoms with Crippen molar-refractivity contribution in [2.24, 2.45) is 4.99 Å². The van der Waals surface area contributed by atoms with Crippen molar-refractivity contribution in [3.8, 4) is 11.5 Å². The van der Waals surface area contributed by atoms with Gasteiger partial charge in [-0.05, 0) is 49.6 Å². The molecule has 4 rings (SSSR count). The first kappa shape index (κ1) is 19.4. The van der Waals surface area contributed by atoms with Crippen molar-refractivity contribution in [1.82, 2.24) is 10.6 Å². The number of anilines is 1. The van der Waals surface area contributed by atoms with Crippen molar-refractivity contribution in [2.75, 3.05) is 38.2 Å². The third-order valence-electron chi connectivity index (χ3n) is 5.48. The SMILES string of the molecule is CN=C(NCC1COc2ccccc2O1)NC(C)c1cccc(N2CCCC2)c1. The normalized spacial score (nSPS) is 19.7.